The summed E-state index contributed by atoms with van der Waals surface area (Å²) in [6.07, 6.45) is 0.991. The Morgan fingerprint density at radius 3 is 2.55 bits per heavy atom. The van der Waals surface area contributed by atoms with Crippen LogP contribution >= 0.6 is 11.3 Å². The Kier molecular flexibility index (Phi) is 5.72. The molecular weight excluding hydrogens is 296 g/mol. The molecule has 0 aliphatic rings. The predicted octanol–water partition coefficient (Wildman–Crippen LogP) is 2.83. The lowest BCUT2D eigenvalue weighted by Gasteiger charge is -2.22. The number of primary amides is 1. The average molecular weight is 316 g/mol. The van der Waals surface area contributed by atoms with E-state index in [9.17, 15) is 9.59 Å². The molecule has 4 nitrogen and oxygen atoms in total. The van der Waals surface area contributed by atoms with Gasteiger partial charge in [0.1, 0.15) is 0 Å². The van der Waals surface area contributed by atoms with Crippen LogP contribution in [0.2, 0.25) is 0 Å². The second kappa shape index (κ2) is 7.75. The van der Waals surface area contributed by atoms with Gasteiger partial charge in [0.05, 0.1) is 4.88 Å². The summed E-state index contributed by atoms with van der Waals surface area (Å²) in [5.74, 6) is -0.426. The Hall–Kier alpha value is -2.14. The Balaban J connectivity index is 2.19. The first-order valence-electron chi connectivity index (χ1n) is 7.29. The molecule has 116 valence electrons. The third kappa shape index (κ3) is 4.18. The lowest BCUT2D eigenvalue weighted by molar-refractivity contribution is -0.118. The summed E-state index contributed by atoms with van der Waals surface area (Å²) in [6, 6.07) is 11.7. The highest BCUT2D eigenvalue weighted by Crippen LogP contribution is 2.21. The Morgan fingerprint density at radius 2 is 1.91 bits per heavy atom. The second-order valence-corrected chi connectivity index (χ2v) is 5.97. The first-order valence-corrected chi connectivity index (χ1v) is 8.17. The molecule has 2 N–H and O–H groups in total. The summed E-state index contributed by atoms with van der Waals surface area (Å²) >= 11 is 1.45. The largest absolute Gasteiger partial charge is 0.370 e. The van der Waals surface area contributed by atoms with Crippen LogP contribution in [-0.4, -0.2) is 23.3 Å². The third-order valence-corrected chi connectivity index (χ3v) is 4.40. The Labute approximate surface area is 134 Å². The fourth-order valence-corrected chi connectivity index (χ4v) is 3.21. The van der Waals surface area contributed by atoms with Gasteiger partial charge in [-0.25, -0.2) is 0 Å². The lowest BCUT2D eigenvalue weighted by Crippen LogP contribution is -2.33. The van der Waals surface area contributed by atoms with Gasteiger partial charge in [-0.05, 0) is 29.0 Å². The number of benzene rings is 1. The highest BCUT2D eigenvalue weighted by Gasteiger charge is 2.20. The zero-order valence-electron chi connectivity index (χ0n) is 12.6. The summed E-state index contributed by atoms with van der Waals surface area (Å²) in [6.45, 7) is 2.85. The average Bonchev–Trinajstić information content (AvgIpc) is 3.00. The minimum Gasteiger partial charge on any atom is -0.370 e. The van der Waals surface area contributed by atoms with E-state index >= 15 is 0 Å². The molecule has 0 fully saturated rings. The molecule has 0 spiro atoms. The van der Waals surface area contributed by atoms with Crippen LogP contribution in [-0.2, 0) is 17.8 Å². The molecule has 0 aliphatic heterocycles. The van der Waals surface area contributed by atoms with Crippen LogP contribution in [0.25, 0.3) is 0 Å². The summed E-state index contributed by atoms with van der Waals surface area (Å²) < 4.78 is 0. The second-order valence-electron chi connectivity index (χ2n) is 5.06. The van der Waals surface area contributed by atoms with Gasteiger partial charge in [0, 0.05) is 19.5 Å². The quantitative estimate of drug-likeness (QED) is 0.853. The van der Waals surface area contributed by atoms with Crippen molar-refractivity contribution in [2.75, 3.05) is 6.54 Å². The van der Waals surface area contributed by atoms with Gasteiger partial charge in [-0.15, -0.1) is 11.3 Å². The topological polar surface area (TPSA) is 63.4 Å². The molecule has 1 aromatic carbocycles. The van der Waals surface area contributed by atoms with Gasteiger partial charge in [-0.1, -0.05) is 37.3 Å². The molecule has 22 heavy (non-hydrogen) atoms. The van der Waals surface area contributed by atoms with Crippen LogP contribution in [0.4, 0.5) is 0 Å². The van der Waals surface area contributed by atoms with Crippen molar-refractivity contribution in [1.29, 1.82) is 0 Å². The van der Waals surface area contributed by atoms with Crippen molar-refractivity contribution in [3.05, 3.63) is 57.8 Å². The van der Waals surface area contributed by atoms with Crippen molar-refractivity contribution < 1.29 is 9.59 Å². The highest BCUT2D eigenvalue weighted by atomic mass is 32.1. The number of carbonyl (C=O) groups is 2. The van der Waals surface area contributed by atoms with E-state index in [0.29, 0.717) is 13.1 Å². The number of amides is 2. The number of carbonyl (C=O) groups excluding carboxylic acids is 2. The van der Waals surface area contributed by atoms with E-state index < -0.39 is 5.91 Å². The fraction of sp³-hybridized carbons (Fsp3) is 0.294. The molecule has 0 atom stereocenters. The van der Waals surface area contributed by atoms with Crippen molar-refractivity contribution >= 4 is 23.2 Å². The van der Waals surface area contributed by atoms with Crippen molar-refractivity contribution in [2.45, 2.75) is 26.3 Å². The van der Waals surface area contributed by atoms with Crippen LogP contribution in [0.1, 0.15) is 34.1 Å². The number of hydrogen-bond acceptors (Lipinski definition) is 3. The van der Waals surface area contributed by atoms with Gasteiger partial charge in [-0.3, -0.25) is 9.59 Å². The van der Waals surface area contributed by atoms with Crippen LogP contribution < -0.4 is 5.73 Å². The number of thiophene rings is 1. The van der Waals surface area contributed by atoms with E-state index in [1.807, 2.05) is 48.7 Å². The molecule has 2 amide bonds. The summed E-state index contributed by atoms with van der Waals surface area (Å²) in [7, 11) is 0. The molecule has 0 saturated heterocycles. The SMILES string of the molecule is CCc1ccsc1C(=O)N(CCC(N)=O)Cc1ccccc1. The minimum atomic E-state index is -0.396. The summed E-state index contributed by atoms with van der Waals surface area (Å²) in [5, 5.41) is 1.93. The van der Waals surface area contributed by atoms with E-state index in [1.54, 1.807) is 4.90 Å². The third-order valence-electron chi connectivity index (χ3n) is 3.45. The molecule has 1 heterocycles. The number of hydrogen-bond donors (Lipinski definition) is 1. The van der Waals surface area contributed by atoms with Crippen molar-refractivity contribution in [3.8, 4) is 0 Å². The van der Waals surface area contributed by atoms with Crippen molar-refractivity contribution in [1.82, 2.24) is 4.90 Å². The Morgan fingerprint density at radius 1 is 1.18 bits per heavy atom. The van der Waals surface area contributed by atoms with Crippen molar-refractivity contribution in [3.63, 3.8) is 0 Å². The first kappa shape index (κ1) is 16.2. The molecule has 0 unspecified atom stereocenters. The monoisotopic (exact) mass is 316 g/mol. The first-order chi connectivity index (χ1) is 10.6. The van der Waals surface area contributed by atoms with E-state index in [4.69, 9.17) is 5.73 Å². The number of nitrogens with zero attached hydrogens (tertiary/aromatic N) is 1. The standard InChI is InChI=1S/C17H20N2O2S/c1-2-14-9-11-22-16(14)17(21)19(10-8-15(18)20)12-13-6-4-3-5-7-13/h3-7,9,11H,2,8,10,12H2,1H3,(H2,18,20). The van der Waals surface area contributed by atoms with Crippen LogP contribution in [0, 0.1) is 0 Å². The van der Waals surface area contributed by atoms with E-state index in [-0.39, 0.29) is 12.3 Å². The van der Waals surface area contributed by atoms with E-state index in [1.165, 1.54) is 11.3 Å². The van der Waals surface area contributed by atoms with Gasteiger partial charge in [-0.2, -0.15) is 0 Å². The molecule has 1 aromatic heterocycles. The maximum absolute atomic E-state index is 12.8. The van der Waals surface area contributed by atoms with Gasteiger partial charge >= 0.3 is 0 Å². The molecule has 0 bridgehead atoms. The zero-order chi connectivity index (χ0) is 15.9. The molecule has 0 saturated carbocycles. The van der Waals surface area contributed by atoms with Crippen LogP contribution in [0.3, 0.4) is 0 Å². The number of aryl methyl sites for hydroxylation is 1. The predicted molar refractivity (Wildman–Crippen MR) is 88.7 cm³/mol. The van der Waals surface area contributed by atoms with Gasteiger partial charge in [0.25, 0.3) is 5.91 Å². The van der Waals surface area contributed by atoms with Gasteiger partial charge in [0.15, 0.2) is 0 Å². The maximum Gasteiger partial charge on any atom is 0.264 e. The number of rotatable bonds is 7. The molecule has 0 radical (unpaired) electrons. The Bertz CT molecular complexity index is 637. The minimum absolute atomic E-state index is 0.0306. The van der Waals surface area contributed by atoms with Crippen LogP contribution in [0.5, 0.6) is 0 Å². The maximum atomic E-state index is 12.8. The van der Waals surface area contributed by atoms with Crippen LogP contribution in [0.15, 0.2) is 41.8 Å². The van der Waals surface area contributed by atoms with Gasteiger partial charge in [0.2, 0.25) is 5.91 Å². The zero-order valence-corrected chi connectivity index (χ0v) is 13.4. The fourth-order valence-electron chi connectivity index (χ4n) is 2.25. The summed E-state index contributed by atoms with van der Waals surface area (Å²) in [4.78, 5) is 26.3. The summed E-state index contributed by atoms with van der Waals surface area (Å²) in [5.41, 5.74) is 7.32. The molecule has 5 heteroatoms. The lowest BCUT2D eigenvalue weighted by atomic mass is 10.1. The van der Waals surface area contributed by atoms with Gasteiger partial charge < -0.3 is 10.6 Å². The molecule has 2 rings (SSSR count). The normalized spacial score (nSPS) is 10.4. The molecule has 0 aliphatic carbocycles. The smallest absolute Gasteiger partial charge is 0.264 e. The van der Waals surface area contributed by atoms with E-state index in [0.717, 1.165) is 22.4 Å². The highest BCUT2D eigenvalue weighted by molar-refractivity contribution is 7.12. The molecule has 2 aromatic rings. The van der Waals surface area contributed by atoms with Crippen molar-refractivity contribution in [2.24, 2.45) is 5.73 Å². The number of nitrogens with two attached hydrogens (primary N) is 1. The van der Waals surface area contributed by atoms with E-state index in [2.05, 4.69) is 0 Å². The molecular formula is C17H20N2O2S.